The average molecular weight is 659 g/mol. The number of nitrogens with zero attached hydrogens (tertiary/aromatic N) is 4. The van der Waals surface area contributed by atoms with E-state index in [1.165, 1.54) is 15.5 Å². The summed E-state index contributed by atoms with van der Waals surface area (Å²) in [5.74, 6) is 2.29. The van der Waals surface area contributed by atoms with Crippen LogP contribution < -0.4 is 0 Å². The van der Waals surface area contributed by atoms with E-state index < -0.39 is 0 Å². The van der Waals surface area contributed by atoms with Crippen LogP contribution in [0.1, 0.15) is 0 Å². The van der Waals surface area contributed by atoms with Crippen LogP contribution in [0.15, 0.2) is 162 Å². The Morgan fingerprint density at radius 3 is 1.80 bits per heavy atom. The maximum atomic E-state index is 6.65. The number of hydrogen-bond acceptors (Lipinski definition) is 6. The first-order valence-electron chi connectivity index (χ1n) is 16.5. The summed E-state index contributed by atoms with van der Waals surface area (Å²) < 4.78 is 8.93. The summed E-state index contributed by atoms with van der Waals surface area (Å²) in [6.07, 6.45) is 0. The number of thiophene rings is 1. The van der Waals surface area contributed by atoms with Gasteiger partial charge >= 0.3 is 0 Å². The molecule has 5 nitrogen and oxygen atoms in total. The summed E-state index contributed by atoms with van der Waals surface area (Å²) >= 11 is 1.74. The molecule has 0 aliphatic heterocycles. The van der Waals surface area contributed by atoms with Crippen LogP contribution in [0.5, 0.6) is 0 Å². The molecular weight excluding hydrogens is 633 g/mol. The van der Waals surface area contributed by atoms with Crippen LogP contribution in [0.2, 0.25) is 0 Å². The molecule has 10 rings (SSSR count). The molecule has 10 aromatic rings. The minimum atomic E-state index is 0.544. The summed E-state index contributed by atoms with van der Waals surface area (Å²) in [5, 5.41) is 4.62. The largest absolute Gasteiger partial charge is 0.435 e. The van der Waals surface area contributed by atoms with Crippen LogP contribution in [0.3, 0.4) is 0 Å². The zero-order valence-corrected chi connectivity index (χ0v) is 27.4. The number of rotatable bonds is 5. The Hall–Kier alpha value is -6.50. The summed E-state index contributed by atoms with van der Waals surface area (Å²) in [4.78, 5) is 20.4. The highest BCUT2D eigenvalue weighted by Gasteiger charge is 2.24. The Morgan fingerprint density at radius 2 is 1.02 bits per heavy atom. The Labute approximate surface area is 291 Å². The van der Waals surface area contributed by atoms with Gasteiger partial charge in [-0.05, 0) is 52.2 Å². The second-order valence-corrected chi connectivity index (χ2v) is 13.4. The van der Waals surface area contributed by atoms with E-state index in [-0.39, 0.29) is 0 Å². The molecule has 0 N–H and O–H groups in total. The van der Waals surface area contributed by atoms with Gasteiger partial charge in [-0.15, -0.1) is 11.3 Å². The van der Waals surface area contributed by atoms with Crippen LogP contribution >= 0.6 is 11.3 Å². The van der Waals surface area contributed by atoms with Gasteiger partial charge in [-0.2, -0.15) is 0 Å². The van der Waals surface area contributed by atoms with Gasteiger partial charge in [-0.25, -0.2) is 19.9 Å². The highest BCUT2D eigenvalue weighted by Crippen LogP contribution is 2.45. The molecule has 0 amide bonds. The first-order chi connectivity index (χ1) is 24.7. The number of hydrogen-bond donors (Lipinski definition) is 0. The molecule has 0 spiro atoms. The van der Waals surface area contributed by atoms with E-state index in [0.717, 1.165) is 54.4 Å². The first kappa shape index (κ1) is 28.5. The van der Waals surface area contributed by atoms with Crippen LogP contribution in [-0.2, 0) is 0 Å². The van der Waals surface area contributed by atoms with Gasteiger partial charge in [0.05, 0.1) is 5.56 Å². The minimum Gasteiger partial charge on any atom is -0.435 e. The Balaban J connectivity index is 1.20. The highest BCUT2D eigenvalue weighted by atomic mass is 32.1. The van der Waals surface area contributed by atoms with Crippen molar-refractivity contribution in [3.05, 3.63) is 158 Å². The van der Waals surface area contributed by atoms with Crippen molar-refractivity contribution in [3.8, 4) is 56.7 Å². The summed E-state index contributed by atoms with van der Waals surface area (Å²) in [6, 6.07) is 54.1. The monoisotopic (exact) mass is 658 g/mol. The lowest BCUT2D eigenvalue weighted by Crippen LogP contribution is -2.00. The molecule has 0 saturated heterocycles. The van der Waals surface area contributed by atoms with E-state index in [4.69, 9.17) is 24.4 Å². The van der Waals surface area contributed by atoms with E-state index in [1.54, 1.807) is 11.3 Å². The van der Waals surface area contributed by atoms with Crippen molar-refractivity contribution in [3.63, 3.8) is 0 Å². The molecule has 0 fully saturated rings. The third-order valence-electron chi connectivity index (χ3n) is 9.16. The van der Waals surface area contributed by atoms with Gasteiger partial charge in [0.15, 0.2) is 23.1 Å². The summed E-state index contributed by atoms with van der Waals surface area (Å²) in [7, 11) is 0. The predicted octanol–water partition coefficient (Wildman–Crippen LogP) is 11.9. The van der Waals surface area contributed by atoms with E-state index >= 15 is 0 Å². The molecule has 0 aliphatic rings. The standard InChI is InChI=1S/C44H26N4OS/c1-3-12-29(13-4-1)41-46-42(30-22-19-28(20-23-30)33-24-21-27-11-7-8-16-32(27)25-33)48-43(47-41)39-38-34-17-9-10-18-36(34)50-37(38)26-35-40(39)49-44(45-35)31-14-5-2-6-15-31/h1-26H. The maximum absolute atomic E-state index is 6.65. The van der Waals surface area contributed by atoms with Crippen LogP contribution in [-0.4, -0.2) is 19.9 Å². The second-order valence-electron chi connectivity index (χ2n) is 12.3. The SMILES string of the molecule is c1ccc(-c2nc(-c3ccc(-c4ccc5ccccc5c4)cc3)nc(-c3c4oc(-c5ccccc5)nc4cc4sc5ccccc5c34)n2)cc1. The predicted molar refractivity (Wildman–Crippen MR) is 205 cm³/mol. The molecule has 3 aromatic heterocycles. The van der Waals surface area contributed by atoms with Crippen molar-refractivity contribution in [2.24, 2.45) is 0 Å². The molecule has 0 bridgehead atoms. The quantitative estimate of drug-likeness (QED) is 0.184. The number of oxazole rings is 1. The lowest BCUT2D eigenvalue weighted by molar-refractivity contribution is 0.621. The van der Waals surface area contributed by atoms with Gasteiger partial charge in [0.2, 0.25) is 5.89 Å². The number of aromatic nitrogens is 4. The molecule has 0 unspecified atom stereocenters. The molecular formula is C44H26N4OS. The second kappa shape index (κ2) is 11.6. The normalized spacial score (nSPS) is 11.6. The molecule has 0 aliphatic carbocycles. The maximum Gasteiger partial charge on any atom is 0.227 e. The van der Waals surface area contributed by atoms with Gasteiger partial charge < -0.3 is 4.42 Å². The molecule has 3 heterocycles. The van der Waals surface area contributed by atoms with Crippen LogP contribution in [0, 0.1) is 0 Å². The molecule has 0 saturated carbocycles. The van der Waals surface area contributed by atoms with Crippen molar-refractivity contribution in [1.29, 1.82) is 0 Å². The van der Waals surface area contributed by atoms with Gasteiger partial charge in [-0.3, -0.25) is 0 Å². The molecule has 50 heavy (non-hydrogen) atoms. The van der Waals surface area contributed by atoms with Crippen molar-refractivity contribution < 1.29 is 4.42 Å². The van der Waals surface area contributed by atoms with Crippen LogP contribution in [0.25, 0.3) is 98.8 Å². The zero-order chi connectivity index (χ0) is 33.0. The van der Waals surface area contributed by atoms with Gasteiger partial charge in [0.1, 0.15) is 5.52 Å². The topological polar surface area (TPSA) is 64.7 Å². The van der Waals surface area contributed by atoms with Crippen LogP contribution in [0.4, 0.5) is 0 Å². The zero-order valence-electron chi connectivity index (χ0n) is 26.6. The van der Waals surface area contributed by atoms with Gasteiger partial charge in [0.25, 0.3) is 0 Å². The Kier molecular flexibility index (Phi) is 6.60. The highest BCUT2D eigenvalue weighted by molar-refractivity contribution is 7.26. The summed E-state index contributed by atoms with van der Waals surface area (Å²) in [6.45, 7) is 0. The van der Waals surface area contributed by atoms with Crippen molar-refractivity contribution >= 4 is 53.4 Å². The van der Waals surface area contributed by atoms with E-state index in [1.807, 2.05) is 60.7 Å². The van der Waals surface area contributed by atoms with Gasteiger partial charge in [0, 0.05) is 36.9 Å². The fraction of sp³-hybridized carbons (Fsp3) is 0. The molecule has 234 valence electrons. The molecule has 0 atom stereocenters. The van der Waals surface area contributed by atoms with E-state index in [2.05, 4.69) is 97.1 Å². The lowest BCUT2D eigenvalue weighted by Gasteiger charge is -2.10. The Morgan fingerprint density at radius 1 is 0.420 bits per heavy atom. The Bertz CT molecular complexity index is 2860. The molecule has 7 aromatic carbocycles. The minimum absolute atomic E-state index is 0.544. The van der Waals surface area contributed by atoms with Gasteiger partial charge in [-0.1, -0.05) is 127 Å². The van der Waals surface area contributed by atoms with E-state index in [0.29, 0.717) is 28.9 Å². The van der Waals surface area contributed by atoms with Crippen molar-refractivity contribution in [2.45, 2.75) is 0 Å². The van der Waals surface area contributed by atoms with Crippen molar-refractivity contribution in [1.82, 2.24) is 19.9 Å². The molecule has 6 heteroatoms. The van der Waals surface area contributed by atoms with E-state index in [9.17, 15) is 0 Å². The average Bonchev–Trinajstić information content (AvgIpc) is 3.79. The fourth-order valence-corrected chi connectivity index (χ4v) is 7.85. The summed E-state index contributed by atoms with van der Waals surface area (Å²) in [5.41, 5.74) is 7.25. The first-order valence-corrected chi connectivity index (χ1v) is 17.3. The fourth-order valence-electron chi connectivity index (χ4n) is 6.70. The van der Waals surface area contributed by atoms with Crippen molar-refractivity contribution in [2.75, 3.05) is 0 Å². The smallest absolute Gasteiger partial charge is 0.227 e. The molecule has 0 radical (unpaired) electrons. The number of fused-ring (bicyclic) bond motifs is 5. The number of benzene rings is 7. The third kappa shape index (κ3) is 4.85. The third-order valence-corrected chi connectivity index (χ3v) is 10.3. The lowest BCUT2D eigenvalue weighted by atomic mass is 10.00.